The van der Waals surface area contributed by atoms with Crippen LogP contribution in [0.5, 0.6) is 0 Å². The second-order valence-electron chi connectivity index (χ2n) is 7.55. The number of aromatic nitrogens is 3. The van der Waals surface area contributed by atoms with Crippen molar-refractivity contribution in [1.82, 2.24) is 20.3 Å². The van der Waals surface area contributed by atoms with Gasteiger partial charge >= 0.3 is 0 Å². The summed E-state index contributed by atoms with van der Waals surface area (Å²) < 4.78 is 1.86. The van der Waals surface area contributed by atoms with Crippen molar-refractivity contribution in [2.24, 2.45) is 0 Å². The molecule has 1 aliphatic carbocycles. The zero-order valence-electron chi connectivity index (χ0n) is 16.1. The van der Waals surface area contributed by atoms with E-state index in [0.717, 1.165) is 35.9 Å². The average Bonchev–Trinajstić information content (AvgIpc) is 3.17. The molecule has 5 rings (SSSR count). The van der Waals surface area contributed by atoms with Crippen molar-refractivity contribution in [2.45, 2.75) is 31.8 Å². The molecule has 0 fully saturated rings. The highest BCUT2D eigenvalue weighted by Crippen LogP contribution is 2.29. The number of nitrogens with one attached hydrogen (secondary N) is 1. The predicted molar refractivity (Wildman–Crippen MR) is 113 cm³/mol. The third-order valence-corrected chi connectivity index (χ3v) is 5.63. The molecule has 1 aromatic heterocycles. The molecule has 0 aliphatic heterocycles. The Morgan fingerprint density at radius 1 is 1.03 bits per heavy atom. The Morgan fingerprint density at radius 2 is 1.86 bits per heavy atom. The van der Waals surface area contributed by atoms with Crippen LogP contribution < -0.4 is 5.32 Å². The SMILES string of the molecule is O=C(N[C@H]1CCCc2ccccc21)c1ccc2c(c1)nnn2Cc1ccccc1. The fraction of sp³-hybridized carbons (Fsp3) is 0.208. The molecule has 1 heterocycles. The number of benzene rings is 3. The summed E-state index contributed by atoms with van der Waals surface area (Å²) in [4.78, 5) is 12.9. The number of carbonyl (C=O) groups excluding carboxylic acids is 1. The number of fused-ring (bicyclic) bond motifs is 2. The molecule has 0 saturated heterocycles. The third kappa shape index (κ3) is 3.51. The highest BCUT2D eigenvalue weighted by Gasteiger charge is 2.22. The summed E-state index contributed by atoms with van der Waals surface area (Å²) in [6.45, 7) is 0.655. The number of rotatable bonds is 4. The average molecular weight is 382 g/mol. The van der Waals surface area contributed by atoms with Gasteiger partial charge in [0, 0.05) is 5.56 Å². The summed E-state index contributed by atoms with van der Waals surface area (Å²) in [5.74, 6) is -0.0637. The molecule has 5 nitrogen and oxygen atoms in total. The smallest absolute Gasteiger partial charge is 0.251 e. The van der Waals surface area contributed by atoms with Gasteiger partial charge in [0.2, 0.25) is 0 Å². The minimum Gasteiger partial charge on any atom is -0.345 e. The fourth-order valence-corrected chi connectivity index (χ4v) is 4.13. The Labute approximate surface area is 169 Å². The first-order valence-corrected chi connectivity index (χ1v) is 10.0. The lowest BCUT2D eigenvalue weighted by molar-refractivity contribution is 0.0933. The molecule has 4 aromatic rings. The fourth-order valence-electron chi connectivity index (χ4n) is 4.13. The van der Waals surface area contributed by atoms with Crippen LogP contribution in [0.4, 0.5) is 0 Å². The summed E-state index contributed by atoms with van der Waals surface area (Å²) >= 11 is 0. The Bertz CT molecular complexity index is 1170. The summed E-state index contributed by atoms with van der Waals surface area (Å²) in [5, 5.41) is 11.8. The molecule has 0 saturated carbocycles. The summed E-state index contributed by atoms with van der Waals surface area (Å²) in [6, 6.07) is 24.2. The molecule has 1 amide bonds. The Morgan fingerprint density at radius 3 is 2.76 bits per heavy atom. The van der Waals surface area contributed by atoms with E-state index in [1.165, 1.54) is 11.1 Å². The van der Waals surface area contributed by atoms with Crippen LogP contribution >= 0.6 is 0 Å². The van der Waals surface area contributed by atoms with Gasteiger partial charge in [0.05, 0.1) is 18.1 Å². The molecule has 1 atom stereocenters. The highest BCUT2D eigenvalue weighted by atomic mass is 16.1. The van der Waals surface area contributed by atoms with E-state index in [1.54, 1.807) is 0 Å². The first kappa shape index (κ1) is 17.6. The van der Waals surface area contributed by atoms with Crippen LogP contribution in [0.2, 0.25) is 0 Å². The van der Waals surface area contributed by atoms with Crippen molar-refractivity contribution in [2.75, 3.05) is 0 Å². The lowest BCUT2D eigenvalue weighted by Crippen LogP contribution is -2.30. The molecule has 1 N–H and O–H groups in total. The predicted octanol–water partition coefficient (Wildman–Crippen LogP) is 4.29. The van der Waals surface area contributed by atoms with Crippen molar-refractivity contribution in [1.29, 1.82) is 0 Å². The van der Waals surface area contributed by atoms with E-state index in [2.05, 4.69) is 46.0 Å². The monoisotopic (exact) mass is 382 g/mol. The number of nitrogens with zero attached hydrogens (tertiary/aromatic N) is 3. The maximum absolute atomic E-state index is 12.9. The summed E-state index contributed by atoms with van der Waals surface area (Å²) in [7, 11) is 0. The summed E-state index contributed by atoms with van der Waals surface area (Å²) in [5.41, 5.74) is 6.01. The van der Waals surface area contributed by atoms with Crippen LogP contribution in [0.15, 0.2) is 72.8 Å². The van der Waals surface area contributed by atoms with E-state index < -0.39 is 0 Å². The van der Waals surface area contributed by atoms with Gasteiger partial charge in [-0.3, -0.25) is 4.79 Å². The van der Waals surface area contributed by atoms with Crippen molar-refractivity contribution < 1.29 is 4.79 Å². The van der Waals surface area contributed by atoms with Gasteiger partial charge in [0.1, 0.15) is 5.52 Å². The van der Waals surface area contributed by atoms with Crippen LogP contribution in [0.1, 0.15) is 45.9 Å². The van der Waals surface area contributed by atoms with Gasteiger partial charge in [-0.25, -0.2) is 4.68 Å². The highest BCUT2D eigenvalue weighted by molar-refractivity contribution is 5.97. The van der Waals surface area contributed by atoms with Crippen LogP contribution in [-0.4, -0.2) is 20.9 Å². The van der Waals surface area contributed by atoms with Gasteiger partial charge in [0.15, 0.2) is 0 Å². The molecule has 29 heavy (non-hydrogen) atoms. The largest absolute Gasteiger partial charge is 0.345 e. The maximum Gasteiger partial charge on any atom is 0.251 e. The topological polar surface area (TPSA) is 59.8 Å². The molecule has 0 spiro atoms. The van der Waals surface area contributed by atoms with Gasteiger partial charge < -0.3 is 5.32 Å². The van der Waals surface area contributed by atoms with Crippen molar-refractivity contribution in [3.05, 3.63) is 95.1 Å². The molecular weight excluding hydrogens is 360 g/mol. The van der Waals surface area contributed by atoms with E-state index in [1.807, 2.05) is 47.1 Å². The van der Waals surface area contributed by atoms with Crippen LogP contribution in [0, 0.1) is 0 Å². The molecule has 3 aromatic carbocycles. The molecular formula is C24H22N4O. The third-order valence-electron chi connectivity index (χ3n) is 5.63. The van der Waals surface area contributed by atoms with Crippen molar-refractivity contribution >= 4 is 16.9 Å². The maximum atomic E-state index is 12.9. The molecule has 144 valence electrons. The second kappa shape index (κ2) is 7.51. The molecule has 1 aliphatic rings. The molecule has 5 heteroatoms. The second-order valence-corrected chi connectivity index (χ2v) is 7.55. The lowest BCUT2D eigenvalue weighted by Gasteiger charge is -2.26. The summed E-state index contributed by atoms with van der Waals surface area (Å²) in [6.07, 6.45) is 3.14. The van der Waals surface area contributed by atoms with Gasteiger partial charge in [-0.2, -0.15) is 0 Å². The Kier molecular flexibility index (Phi) is 4.56. The standard InChI is InChI=1S/C24H22N4O/c29-24(25-21-12-6-10-18-9-4-5-11-20(18)21)19-13-14-23-22(15-19)26-27-28(23)16-17-7-2-1-3-8-17/h1-5,7-9,11,13-15,21H,6,10,12,16H2,(H,25,29)/t21-/m0/s1. The Hall–Kier alpha value is -3.47. The quantitative estimate of drug-likeness (QED) is 0.573. The Balaban J connectivity index is 1.37. The van der Waals surface area contributed by atoms with Gasteiger partial charge in [-0.05, 0) is 54.2 Å². The molecule has 0 unspecified atom stereocenters. The first-order valence-electron chi connectivity index (χ1n) is 10.0. The minimum absolute atomic E-state index is 0.0637. The molecule has 0 radical (unpaired) electrons. The van der Waals surface area contributed by atoms with Crippen molar-refractivity contribution in [3.8, 4) is 0 Å². The minimum atomic E-state index is -0.0637. The number of amides is 1. The van der Waals surface area contributed by atoms with Gasteiger partial charge in [0.25, 0.3) is 5.91 Å². The zero-order chi connectivity index (χ0) is 19.6. The normalized spacial score (nSPS) is 15.8. The van der Waals surface area contributed by atoms with E-state index in [4.69, 9.17) is 0 Å². The number of hydrogen-bond acceptors (Lipinski definition) is 3. The van der Waals surface area contributed by atoms with Crippen LogP contribution in [0.3, 0.4) is 0 Å². The first-order chi connectivity index (χ1) is 14.3. The number of aryl methyl sites for hydroxylation is 1. The van der Waals surface area contributed by atoms with Gasteiger partial charge in [-0.15, -0.1) is 5.10 Å². The van der Waals surface area contributed by atoms with E-state index in [0.29, 0.717) is 12.1 Å². The zero-order valence-corrected chi connectivity index (χ0v) is 16.1. The van der Waals surface area contributed by atoms with Crippen LogP contribution in [-0.2, 0) is 13.0 Å². The van der Waals surface area contributed by atoms with Gasteiger partial charge in [-0.1, -0.05) is 59.8 Å². The van der Waals surface area contributed by atoms with Crippen molar-refractivity contribution in [3.63, 3.8) is 0 Å². The number of hydrogen-bond donors (Lipinski definition) is 1. The molecule has 0 bridgehead atoms. The van der Waals surface area contributed by atoms with E-state index in [9.17, 15) is 4.79 Å². The lowest BCUT2D eigenvalue weighted by atomic mass is 9.87. The number of carbonyl (C=O) groups is 1. The van der Waals surface area contributed by atoms with Crippen LogP contribution in [0.25, 0.3) is 11.0 Å². The van der Waals surface area contributed by atoms with E-state index >= 15 is 0 Å². The van der Waals surface area contributed by atoms with E-state index in [-0.39, 0.29) is 11.9 Å².